The van der Waals surface area contributed by atoms with Crippen molar-refractivity contribution in [2.45, 2.75) is 25.4 Å². The number of aliphatic hydroxyl groups excluding tert-OH is 1. The number of benzene rings is 2. The van der Waals surface area contributed by atoms with Gasteiger partial charge in [-0.05, 0) is 67.2 Å². The van der Waals surface area contributed by atoms with E-state index < -0.39 is 0 Å². The Morgan fingerprint density at radius 1 is 1.00 bits per heavy atom. The van der Waals surface area contributed by atoms with Gasteiger partial charge in [-0.15, -0.1) is 0 Å². The molecule has 1 fully saturated rings. The molecular weight excluding hydrogens is 262 g/mol. The molecule has 0 atom stereocenters. The van der Waals surface area contributed by atoms with Crippen LogP contribution in [-0.2, 0) is 6.61 Å². The van der Waals surface area contributed by atoms with E-state index in [1.165, 1.54) is 18.4 Å². The van der Waals surface area contributed by atoms with E-state index in [2.05, 4.69) is 23.5 Å². The first kappa shape index (κ1) is 14.1. The minimum atomic E-state index is 0.0340. The summed E-state index contributed by atoms with van der Waals surface area (Å²) in [6, 6.07) is 15.9. The SMILES string of the molecule is OCc1cccc(Oc2cccc(C3CCNCC3)c2)c1. The van der Waals surface area contributed by atoms with Gasteiger partial charge in [0.2, 0.25) is 0 Å². The maximum atomic E-state index is 9.18. The summed E-state index contributed by atoms with van der Waals surface area (Å²) < 4.78 is 5.93. The average Bonchev–Trinajstić information content (AvgIpc) is 2.56. The molecule has 1 saturated heterocycles. The molecule has 2 N–H and O–H groups in total. The van der Waals surface area contributed by atoms with Crippen LogP contribution < -0.4 is 10.1 Å². The molecule has 0 saturated carbocycles. The molecule has 0 unspecified atom stereocenters. The van der Waals surface area contributed by atoms with Crippen LogP contribution in [-0.4, -0.2) is 18.2 Å². The second-order valence-electron chi connectivity index (χ2n) is 5.50. The molecule has 2 aromatic rings. The highest BCUT2D eigenvalue weighted by Gasteiger charge is 2.15. The molecule has 0 bridgehead atoms. The van der Waals surface area contributed by atoms with Gasteiger partial charge in [0, 0.05) is 0 Å². The number of ether oxygens (including phenoxy) is 1. The van der Waals surface area contributed by atoms with Crippen LogP contribution in [0.15, 0.2) is 48.5 Å². The predicted molar refractivity (Wildman–Crippen MR) is 83.7 cm³/mol. The summed E-state index contributed by atoms with van der Waals surface area (Å²) in [6.45, 7) is 2.22. The average molecular weight is 283 g/mol. The standard InChI is InChI=1S/C18H21NO2/c20-13-14-3-1-5-17(11-14)21-18-6-2-4-16(12-18)15-7-9-19-10-8-15/h1-6,11-12,15,19-20H,7-10,13H2. The van der Waals surface area contributed by atoms with Gasteiger partial charge in [0.25, 0.3) is 0 Å². The first-order valence-corrected chi connectivity index (χ1v) is 7.53. The lowest BCUT2D eigenvalue weighted by molar-refractivity contribution is 0.281. The van der Waals surface area contributed by atoms with Crippen LogP contribution in [0.1, 0.15) is 29.9 Å². The lowest BCUT2D eigenvalue weighted by Gasteiger charge is -2.23. The minimum Gasteiger partial charge on any atom is -0.457 e. The van der Waals surface area contributed by atoms with Gasteiger partial charge in [-0.2, -0.15) is 0 Å². The second-order valence-corrected chi connectivity index (χ2v) is 5.50. The highest BCUT2D eigenvalue weighted by atomic mass is 16.5. The summed E-state index contributed by atoms with van der Waals surface area (Å²) in [5.74, 6) is 2.25. The van der Waals surface area contributed by atoms with Crippen molar-refractivity contribution in [3.8, 4) is 11.5 Å². The van der Waals surface area contributed by atoms with Gasteiger partial charge in [-0.25, -0.2) is 0 Å². The van der Waals surface area contributed by atoms with E-state index in [1.807, 2.05) is 30.3 Å². The highest BCUT2D eigenvalue weighted by molar-refractivity contribution is 5.36. The molecule has 1 aliphatic rings. The van der Waals surface area contributed by atoms with E-state index in [0.29, 0.717) is 5.92 Å². The maximum Gasteiger partial charge on any atom is 0.127 e. The van der Waals surface area contributed by atoms with E-state index in [1.54, 1.807) is 0 Å². The Hall–Kier alpha value is -1.84. The van der Waals surface area contributed by atoms with Crippen LogP contribution in [0, 0.1) is 0 Å². The van der Waals surface area contributed by atoms with E-state index in [-0.39, 0.29) is 6.61 Å². The van der Waals surface area contributed by atoms with Crippen molar-refractivity contribution in [3.05, 3.63) is 59.7 Å². The van der Waals surface area contributed by atoms with Crippen molar-refractivity contribution >= 4 is 0 Å². The Labute approximate surface area is 125 Å². The van der Waals surface area contributed by atoms with Crippen molar-refractivity contribution < 1.29 is 9.84 Å². The Kier molecular flexibility index (Phi) is 4.53. The van der Waals surface area contributed by atoms with Crippen molar-refractivity contribution in [3.63, 3.8) is 0 Å². The zero-order valence-corrected chi connectivity index (χ0v) is 12.1. The Morgan fingerprint density at radius 3 is 2.48 bits per heavy atom. The molecule has 0 amide bonds. The van der Waals surface area contributed by atoms with Crippen molar-refractivity contribution in [1.82, 2.24) is 5.32 Å². The Morgan fingerprint density at radius 2 is 1.71 bits per heavy atom. The number of hydrogen-bond donors (Lipinski definition) is 2. The predicted octanol–water partition coefficient (Wildman–Crippen LogP) is 3.44. The fraction of sp³-hybridized carbons (Fsp3) is 0.333. The molecule has 0 spiro atoms. The molecule has 3 heteroatoms. The van der Waals surface area contributed by atoms with Crippen LogP contribution in [0.5, 0.6) is 11.5 Å². The fourth-order valence-corrected chi connectivity index (χ4v) is 2.83. The number of nitrogens with one attached hydrogen (secondary N) is 1. The number of hydrogen-bond acceptors (Lipinski definition) is 3. The summed E-state index contributed by atoms with van der Waals surface area (Å²) in [6.07, 6.45) is 2.37. The monoisotopic (exact) mass is 283 g/mol. The summed E-state index contributed by atoms with van der Waals surface area (Å²) in [5, 5.41) is 12.6. The van der Waals surface area contributed by atoms with E-state index in [0.717, 1.165) is 30.2 Å². The molecule has 1 aliphatic heterocycles. The zero-order chi connectivity index (χ0) is 14.5. The lowest BCUT2D eigenvalue weighted by atomic mass is 9.90. The van der Waals surface area contributed by atoms with Gasteiger partial charge in [-0.3, -0.25) is 0 Å². The number of piperidine rings is 1. The van der Waals surface area contributed by atoms with Crippen LogP contribution in [0.4, 0.5) is 0 Å². The third-order valence-electron chi connectivity index (χ3n) is 3.99. The van der Waals surface area contributed by atoms with E-state index >= 15 is 0 Å². The molecule has 0 radical (unpaired) electrons. The molecule has 3 nitrogen and oxygen atoms in total. The van der Waals surface area contributed by atoms with Gasteiger partial charge < -0.3 is 15.2 Å². The zero-order valence-electron chi connectivity index (χ0n) is 12.1. The van der Waals surface area contributed by atoms with Crippen LogP contribution in [0.3, 0.4) is 0 Å². The smallest absolute Gasteiger partial charge is 0.127 e. The van der Waals surface area contributed by atoms with Gasteiger partial charge >= 0.3 is 0 Å². The number of aliphatic hydroxyl groups is 1. The molecule has 3 rings (SSSR count). The fourth-order valence-electron chi connectivity index (χ4n) is 2.83. The summed E-state index contributed by atoms with van der Waals surface area (Å²) in [4.78, 5) is 0. The van der Waals surface area contributed by atoms with Crippen LogP contribution in [0.25, 0.3) is 0 Å². The molecule has 2 aromatic carbocycles. The first-order valence-electron chi connectivity index (χ1n) is 7.53. The van der Waals surface area contributed by atoms with Gasteiger partial charge in [0.05, 0.1) is 6.61 Å². The summed E-state index contributed by atoms with van der Waals surface area (Å²) >= 11 is 0. The molecule has 21 heavy (non-hydrogen) atoms. The van der Waals surface area contributed by atoms with E-state index in [4.69, 9.17) is 4.74 Å². The molecule has 0 aliphatic carbocycles. The molecule has 1 heterocycles. The largest absolute Gasteiger partial charge is 0.457 e. The topological polar surface area (TPSA) is 41.5 Å². The lowest BCUT2D eigenvalue weighted by Crippen LogP contribution is -2.26. The Bertz CT molecular complexity index is 591. The molecule has 110 valence electrons. The Balaban J connectivity index is 1.76. The van der Waals surface area contributed by atoms with Crippen molar-refractivity contribution in [1.29, 1.82) is 0 Å². The third kappa shape index (κ3) is 3.63. The maximum absolute atomic E-state index is 9.18. The van der Waals surface area contributed by atoms with Crippen LogP contribution >= 0.6 is 0 Å². The number of rotatable bonds is 4. The van der Waals surface area contributed by atoms with Gasteiger partial charge in [0.15, 0.2) is 0 Å². The third-order valence-corrected chi connectivity index (χ3v) is 3.99. The second kappa shape index (κ2) is 6.74. The molecule has 0 aromatic heterocycles. The minimum absolute atomic E-state index is 0.0340. The normalized spacial score (nSPS) is 15.9. The quantitative estimate of drug-likeness (QED) is 0.903. The first-order chi connectivity index (χ1) is 10.3. The van der Waals surface area contributed by atoms with Gasteiger partial charge in [-0.1, -0.05) is 24.3 Å². The highest BCUT2D eigenvalue weighted by Crippen LogP contribution is 2.30. The van der Waals surface area contributed by atoms with E-state index in [9.17, 15) is 5.11 Å². The van der Waals surface area contributed by atoms with Crippen molar-refractivity contribution in [2.24, 2.45) is 0 Å². The summed E-state index contributed by atoms with van der Waals surface area (Å²) in [7, 11) is 0. The van der Waals surface area contributed by atoms with Crippen molar-refractivity contribution in [2.75, 3.05) is 13.1 Å². The van der Waals surface area contributed by atoms with Crippen LogP contribution in [0.2, 0.25) is 0 Å². The van der Waals surface area contributed by atoms with Gasteiger partial charge in [0.1, 0.15) is 11.5 Å². The summed E-state index contributed by atoms with van der Waals surface area (Å²) in [5.41, 5.74) is 2.22. The molecular formula is C18H21NO2.